The average molecular weight is 352 g/mol. The lowest BCUT2D eigenvalue weighted by molar-refractivity contribution is -0.126. The molecule has 128 valence electrons. The maximum atomic E-state index is 12.5. The van der Waals surface area contributed by atoms with Crippen molar-refractivity contribution in [3.63, 3.8) is 0 Å². The first-order valence-corrected chi connectivity index (χ1v) is 8.84. The molecule has 1 aromatic carbocycles. The Labute approximate surface area is 138 Å². The maximum Gasteiger partial charge on any atom is 0.324 e. The lowest BCUT2D eigenvalue weighted by Gasteiger charge is -2.21. The number of urea groups is 1. The van der Waals surface area contributed by atoms with Crippen molar-refractivity contribution in [3.05, 3.63) is 29.8 Å². The lowest BCUT2D eigenvalue weighted by Crippen LogP contribution is -2.42. The van der Waals surface area contributed by atoms with Gasteiger partial charge in [0.15, 0.2) is 0 Å². The highest BCUT2D eigenvalue weighted by Crippen LogP contribution is 2.20. The highest BCUT2D eigenvalue weighted by Gasteiger charge is 2.39. The van der Waals surface area contributed by atoms with Crippen LogP contribution >= 0.6 is 0 Å². The standard InChI is InChI=1S/C14H16N4O5S/c15-24(22,23)11-3-1-9(2-4-11)13(20)17-6-5-10(8-17)18-12(19)7-16-14(18)21/h1-4,10H,5-8H2,(H,16,21)(H2,15,22,23). The molecule has 1 atom stereocenters. The number of carbonyl (C=O) groups is 3. The molecular weight excluding hydrogens is 336 g/mol. The number of hydrogen-bond donors (Lipinski definition) is 2. The molecule has 1 aromatic rings. The number of carbonyl (C=O) groups excluding carboxylic acids is 3. The van der Waals surface area contributed by atoms with E-state index in [0.29, 0.717) is 18.5 Å². The Morgan fingerprint density at radius 1 is 1.21 bits per heavy atom. The van der Waals surface area contributed by atoms with Crippen molar-refractivity contribution in [1.82, 2.24) is 15.1 Å². The summed E-state index contributed by atoms with van der Waals surface area (Å²) in [5.74, 6) is -0.581. The van der Waals surface area contributed by atoms with Gasteiger partial charge in [0.2, 0.25) is 15.9 Å². The smallest absolute Gasteiger partial charge is 0.324 e. The molecule has 0 radical (unpaired) electrons. The van der Waals surface area contributed by atoms with Crippen molar-refractivity contribution in [2.75, 3.05) is 19.6 Å². The summed E-state index contributed by atoms with van der Waals surface area (Å²) in [6.07, 6.45) is 0.514. The van der Waals surface area contributed by atoms with Gasteiger partial charge in [0.1, 0.15) is 0 Å². The molecular formula is C14H16N4O5S. The number of imide groups is 1. The summed E-state index contributed by atoms with van der Waals surface area (Å²) < 4.78 is 22.5. The SMILES string of the molecule is NS(=O)(=O)c1ccc(C(=O)N2CCC(N3C(=O)CNC3=O)C2)cc1. The van der Waals surface area contributed by atoms with Crippen LogP contribution in [0.2, 0.25) is 0 Å². The van der Waals surface area contributed by atoms with Crippen molar-refractivity contribution in [1.29, 1.82) is 0 Å². The number of rotatable bonds is 3. The predicted molar refractivity (Wildman–Crippen MR) is 82.4 cm³/mol. The summed E-state index contributed by atoms with van der Waals surface area (Å²) in [4.78, 5) is 38.5. The van der Waals surface area contributed by atoms with Crippen molar-refractivity contribution >= 4 is 27.9 Å². The fourth-order valence-corrected chi connectivity index (χ4v) is 3.43. The molecule has 2 aliphatic heterocycles. The Morgan fingerprint density at radius 2 is 1.88 bits per heavy atom. The van der Waals surface area contributed by atoms with Gasteiger partial charge in [0.05, 0.1) is 17.5 Å². The molecule has 2 aliphatic rings. The number of likely N-dealkylation sites (tertiary alicyclic amines) is 1. The summed E-state index contributed by atoms with van der Waals surface area (Å²) in [5, 5.41) is 7.48. The molecule has 0 spiro atoms. The Morgan fingerprint density at radius 3 is 2.42 bits per heavy atom. The van der Waals surface area contributed by atoms with Crippen LogP contribution in [0.5, 0.6) is 0 Å². The van der Waals surface area contributed by atoms with Gasteiger partial charge >= 0.3 is 6.03 Å². The number of nitrogens with zero attached hydrogens (tertiary/aromatic N) is 2. The molecule has 3 N–H and O–H groups in total. The first kappa shape index (κ1) is 16.4. The van der Waals surface area contributed by atoms with Gasteiger partial charge < -0.3 is 10.2 Å². The number of nitrogens with one attached hydrogen (secondary N) is 1. The van der Waals surface area contributed by atoms with E-state index in [0.717, 1.165) is 4.90 Å². The van der Waals surface area contributed by atoms with Crippen LogP contribution in [0.1, 0.15) is 16.8 Å². The van der Waals surface area contributed by atoms with Gasteiger partial charge in [-0.3, -0.25) is 14.5 Å². The number of sulfonamides is 1. The number of benzene rings is 1. The second-order valence-corrected chi connectivity index (χ2v) is 7.25. The van der Waals surface area contributed by atoms with Gasteiger partial charge in [-0.25, -0.2) is 18.4 Å². The fourth-order valence-electron chi connectivity index (χ4n) is 2.91. The molecule has 0 aliphatic carbocycles. The van der Waals surface area contributed by atoms with Gasteiger partial charge in [-0.2, -0.15) is 0 Å². The van der Waals surface area contributed by atoms with E-state index < -0.39 is 16.1 Å². The number of primary sulfonamides is 1. The zero-order chi connectivity index (χ0) is 17.5. The topological polar surface area (TPSA) is 130 Å². The minimum Gasteiger partial charge on any atom is -0.336 e. The Kier molecular flexibility index (Phi) is 4.01. The van der Waals surface area contributed by atoms with Crippen molar-refractivity contribution < 1.29 is 22.8 Å². The summed E-state index contributed by atoms with van der Waals surface area (Å²) in [5.41, 5.74) is 0.320. The molecule has 0 bridgehead atoms. The van der Waals surface area contributed by atoms with E-state index in [1.54, 1.807) is 0 Å². The van der Waals surface area contributed by atoms with Gasteiger partial charge in [-0.05, 0) is 30.7 Å². The predicted octanol–water partition coefficient (Wildman–Crippen LogP) is -0.900. The van der Waals surface area contributed by atoms with Crippen LogP contribution in [-0.4, -0.2) is 61.7 Å². The lowest BCUT2D eigenvalue weighted by atomic mass is 10.2. The highest BCUT2D eigenvalue weighted by molar-refractivity contribution is 7.89. The van der Waals surface area contributed by atoms with E-state index >= 15 is 0 Å². The Bertz CT molecular complexity index is 789. The molecule has 4 amide bonds. The van der Waals surface area contributed by atoms with E-state index in [4.69, 9.17) is 5.14 Å². The Hall–Kier alpha value is -2.46. The number of nitrogens with two attached hydrogens (primary N) is 1. The summed E-state index contributed by atoms with van der Waals surface area (Å²) >= 11 is 0. The molecule has 2 saturated heterocycles. The van der Waals surface area contributed by atoms with E-state index in [9.17, 15) is 22.8 Å². The van der Waals surface area contributed by atoms with E-state index in [1.807, 2.05) is 0 Å². The molecule has 0 aromatic heterocycles. The third kappa shape index (κ3) is 2.97. The quantitative estimate of drug-likeness (QED) is 0.681. The maximum absolute atomic E-state index is 12.5. The molecule has 1 unspecified atom stereocenters. The normalized spacial score (nSPS) is 21.3. The zero-order valence-corrected chi connectivity index (χ0v) is 13.5. The van der Waals surface area contributed by atoms with Gasteiger partial charge in [-0.1, -0.05) is 0 Å². The van der Waals surface area contributed by atoms with E-state index in [1.165, 1.54) is 29.2 Å². The number of hydrogen-bond acceptors (Lipinski definition) is 5. The minimum absolute atomic E-state index is 0.0156. The molecule has 3 rings (SSSR count). The molecule has 10 heteroatoms. The van der Waals surface area contributed by atoms with Crippen LogP contribution in [0, 0.1) is 0 Å². The molecule has 24 heavy (non-hydrogen) atoms. The second kappa shape index (κ2) is 5.87. The largest absolute Gasteiger partial charge is 0.336 e. The minimum atomic E-state index is -3.81. The summed E-state index contributed by atoms with van der Waals surface area (Å²) in [7, 11) is -3.81. The average Bonchev–Trinajstić information content (AvgIpc) is 3.13. The highest BCUT2D eigenvalue weighted by atomic mass is 32.2. The monoisotopic (exact) mass is 352 g/mol. The van der Waals surface area contributed by atoms with Crippen molar-refractivity contribution in [2.45, 2.75) is 17.4 Å². The van der Waals surface area contributed by atoms with E-state index in [2.05, 4.69) is 5.32 Å². The molecule has 9 nitrogen and oxygen atoms in total. The van der Waals surface area contributed by atoms with Gasteiger partial charge in [-0.15, -0.1) is 0 Å². The van der Waals surface area contributed by atoms with Crippen LogP contribution in [-0.2, 0) is 14.8 Å². The third-order valence-electron chi connectivity index (χ3n) is 4.12. The van der Waals surface area contributed by atoms with E-state index in [-0.39, 0.29) is 35.8 Å². The van der Waals surface area contributed by atoms with Crippen molar-refractivity contribution in [3.8, 4) is 0 Å². The van der Waals surface area contributed by atoms with Crippen LogP contribution in [0.25, 0.3) is 0 Å². The zero-order valence-electron chi connectivity index (χ0n) is 12.6. The van der Waals surface area contributed by atoms with Crippen LogP contribution < -0.4 is 10.5 Å². The summed E-state index contributed by atoms with van der Waals surface area (Å²) in [6.45, 7) is 0.657. The summed E-state index contributed by atoms with van der Waals surface area (Å²) in [6, 6.07) is 4.55. The molecule has 2 heterocycles. The fraction of sp³-hybridized carbons (Fsp3) is 0.357. The van der Waals surface area contributed by atoms with Crippen LogP contribution in [0.4, 0.5) is 4.79 Å². The second-order valence-electron chi connectivity index (χ2n) is 5.69. The number of amides is 4. The van der Waals surface area contributed by atoms with Crippen LogP contribution in [0.15, 0.2) is 29.2 Å². The first-order valence-electron chi connectivity index (χ1n) is 7.29. The first-order chi connectivity index (χ1) is 11.3. The van der Waals surface area contributed by atoms with Crippen molar-refractivity contribution in [2.24, 2.45) is 5.14 Å². The third-order valence-corrected chi connectivity index (χ3v) is 5.05. The van der Waals surface area contributed by atoms with Crippen LogP contribution in [0.3, 0.4) is 0 Å². The Balaban J connectivity index is 1.70. The van der Waals surface area contributed by atoms with Gasteiger partial charge in [0.25, 0.3) is 5.91 Å². The van der Waals surface area contributed by atoms with Gasteiger partial charge in [0, 0.05) is 18.7 Å². The molecule has 0 saturated carbocycles. The molecule has 2 fully saturated rings.